The number of benzene rings is 2. The van der Waals surface area contributed by atoms with Gasteiger partial charge in [-0.05, 0) is 36.8 Å². The fourth-order valence-corrected chi connectivity index (χ4v) is 2.24. The van der Waals surface area contributed by atoms with Crippen LogP contribution in [0.1, 0.15) is 15.9 Å². The Bertz CT molecular complexity index is 734. The summed E-state index contributed by atoms with van der Waals surface area (Å²) >= 11 is 9.07. The van der Waals surface area contributed by atoms with E-state index in [0.717, 1.165) is 10.0 Å². The smallest absolute Gasteiger partial charge is 0.294 e. The SMILES string of the molecule is Cc1ccc(C(=O)Nc2ccc(Cl)cc2[N+](=O)[O-])cc1Br. The molecule has 0 spiro atoms. The maximum Gasteiger partial charge on any atom is 0.294 e. The number of halogens is 2. The van der Waals surface area contributed by atoms with E-state index >= 15 is 0 Å². The summed E-state index contributed by atoms with van der Waals surface area (Å²) in [4.78, 5) is 22.5. The summed E-state index contributed by atoms with van der Waals surface area (Å²) in [6, 6.07) is 9.18. The zero-order chi connectivity index (χ0) is 15.6. The number of nitrogens with one attached hydrogen (secondary N) is 1. The zero-order valence-corrected chi connectivity index (χ0v) is 13.2. The number of nitro benzene ring substituents is 1. The monoisotopic (exact) mass is 368 g/mol. The number of carbonyl (C=O) groups is 1. The van der Waals surface area contributed by atoms with Crippen LogP contribution in [0.3, 0.4) is 0 Å². The van der Waals surface area contributed by atoms with E-state index in [4.69, 9.17) is 11.6 Å². The van der Waals surface area contributed by atoms with Crippen molar-refractivity contribution >= 4 is 44.8 Å². The Labute approximate surface area is 134 Å². The molecule has 0 fully saturated rings. The summed E-state index contributed by atoms with van der Waals surface area (Å²) in [5.41, 5.74) is 1.24. The fourth-order valence-electron chi connectivity index (χ4n) is 1.69. The average Bonchev–Trinajstić information content (AvgIpc) is 2.43. The molecule has 0 heterocycles. The zero-order valence-electron chi connectivity index (χ0n) is 10.9. The Morgan fingerprint density at radius 2 is 2.00 bits per heavy atom. The standard InChI is InChI=1S/C14H10BrClN2O3/c1-8-2-3-9(6-11(8)15)14(19)17-12-5-4-10(16)7-13(12)18(20)21/h2-7H,1H3,(H,17,19). The number of anilines is 1. The number of nitrogens with zero attached hydrogens (tertiary/aromatic N) is 1. The van der Waals surface area contributed by atoms with Gasteiger partial charge in [-0.3, -0.25) is 14.9 Å². The van der Waals surface area contributed by atoms with Crippen LogP contribution in [-0.2, 0) is 0 Å². The summed E-state index contributed by atoms with van der Waals surface area (Å²) in [5.74, 6) is -0.430. The third kappa shape index (κ3) is 3.59. The largest absolute Gasteiger partial charge is 0.316 e. The van der Waals surface area contributed by atoms with Crippen molar-refractivity contribution in [1.29, 1.82) is 0 Å². The second-order valence-corrected chi connectivity index (χ2v) is 5.63. The van der Waals surface area contributed by atoms with Crippen LogP contribution in [0.2, 0.25) is 5.02 Å². The van der Waals surface area contributed by atoms with Crippen LogP contribution in [0.15, 0.2) is 40.9 Å². The topological polar surface area (TPSA) is 72.2 Å². The minimum Gasteiger partial charge on any atom is -0.316 e. The third-order valence-corrected chi connectivity index (χ3v) is 3.93. The van der Waals surface area contributed by atoms with Gasteiger partial charge in [0.05, 0.1) is 4.92 Å². The number of rotatable bonds is 3. The Morgan fingerprint density at radius 1 is 1.29 bits per heavy atom. The fraction of sp³-hybridized carbons (Fsp3) is 0.0714. The van der Waals surface area contributed by atoms with Gasteiger partial charge in [-0.1, -0.05) is 33.6 Å². The lowest BCUT2D eigenvalue weighted by Gasteiger charge is -2.07. The first-order valence-corrected chi connectivity index (χ1v) is 7.07. The molecule has 0 radical (unpaired) electrons. The highest BCUT2D eigenvalue weighted by Gasteiger charge is 2.17. The van der Waals surface area contributed by atoms with Gasteiger partial charge in [-0.15, -0.1) is 0 Å². The van der Waals surface area contributed by atoms with Crippen molar-refractivity contribution in [1.82, 2.24) is 0 Å². The normalized spacial score (nSPS) is 10.2. The van der Waals surface area contributed by atoms with Crippen molar-refractivity contribution in [2.24, 2.45) is 0 Å². The molecular weight excluding hydrogens is 360 g/mol. The third-order valence-electron chi connectivity index (χ3n) is 2.84. The van der Waals surface area contributed by atoms with E-state index in [9.17, 15) is 14.9 Å². The molecule has 2 rings (SSSR count). The van der Waals surface area contributed by atoms with Crippen LogP contribution < -0.4 is 5.32 Å². The van der Waals surface area contributed by atoms with Crippen LogP contribution in [-0.4, -0.2) is 10.8 Å². The van der Waals surface area contributed by atoms with E-state index in [1.165, 1.54) is 18.2 Å². The number of hydrogen-bond acceptors (Lipinski definition) is 3. The maximum absolute atomic E-state index is 12.1. The minimum absolute atomic E-state index is 0.103. The van der Waals surface area contributed by atoms with Gasteiger partial charge in [0.1, 0.15) is 5.69 Å². The van der Waals surface area contributed by atoms with E-state index in [0.29, 0.717) is 5.56 Å². The van der Waals surface area contributed by atoms with Gasteiger partial charge in [-0.2, -0.15) is 0 Å². The maximum atomic E-state index is 12.1. The highest BCUT2D eigenvalue weighted by molar-refractivity contribution is 9.10. The van der Waals surface area contributed by atoms with Crippen molar-refractivity contribution in [2.45, 2.75) is 6.92 Å². The van der Waals surface area contributed by atoms with E-state index in [1.807, 2.05) is 6.92 Å². The predicted octanol–water partition coefficient (Wildman–Crippen LogP) is 4.57. The summed E-state index contributed by atoms with van der Waals surface area (Å²) in [5, 5.41) is 13.7. The van der Waals surface area contributed by atoms with Gasteiger partial charge in [0.15, 0.2) is 0 Å². The second kappa shape index (κ2) is 6.24. The molecule has 0 aliphatic rings. The van der Waals surface area contributed by atoms with Crippen molar-refractivity contribution in [2.75, 3.05) is 5.32 Å². The lowest BCUT2D eigenvalue weighted by molar-refractivity contribution is -0.383. The summed E-state index contributed by atoms with van der Waals surface area (Å²) in [6.07, 6.45) is 0. The minimum atomic E-state index is -0.591. The van der Waals surface area contributed by atoms with Gasteiger partial charge >= 0.3 is 0 Å². The summed E-state index contributed by atoms with van der Waals surface area (Å²) in [7, 11) is 0. The Hall–Kier alpha value is -1.92. The van der Waals surface area contributed by atoms with E-state index < -0.39 is 10.8 Å². The number of carbonyl (C=O) groups excluding carboxylic acids is 1. The Kier molecular flexibility index (Phi) is 4.59. The Balaban J connectivity index is 2.31. The Morgan fingerprint density at radius 3 is 2.62 bits per heavy atom. The molecule has 7 heteroatoms. The molecule has 0 aliphatic carbocycles. The molecule has 0 bridgehead atoms. The summed E-state index contributed by atoms with van der Waals surface area (Å²) < 4.78 is 0.792. The lowest BCUT2D eigenvalue weighted by Crippen LogP contribution is -2.13. The van der Waals surface area contributed by atoms with Gasteiger partial charge < -0.3 is 5.32 Å². The van der Waals surface area contributed by atoms with Gasteiger partial charge in [0.2, 0.25) is 0 Å². The molecule has 0 unspecified atom stereocenters. The van der Waals surface area contributed by atoms with Crippen LogP contribution in [0.25, 0.3) is 0 Å². The quantitative estimate of drug-likeness (QED) is 0.636. The van der Waals surface area contributed by atoms with Crippen molar-refractivity contribution in [3.05, 3.63) is 67.1 Å². The second-order valence-electron chi connectivity index (χ2n) is 4.34. The van der Waals surface area contributed by atoms with Crippen LogP contribution in [0, 0.1) is 17.0 Å². The van der Waals surface area contributed by atoms with Gasteiger partial charge in [0, 0.05) is 21.1 Å². The van der Waals surface area contributed by atoms with Crippen molar-refractivity contribution in [3.8, 4) is 0 Å². The van der Waals surface area contributed by atoms with E-state index in [1.54, 1.807) is 18.2 Å². The first-order chi connectivity index (χ1) is 9.88. The average molecular weight is 370 g/mol. The molecule has 0 saturated heterocycles. The number of hydrogen-bond donors (Lipinski definition) is 1. The molecule has 108 valence electrons. The van der Waals surface area contributed by atoms with Crippen molar-refractivity contribution in [3.63, 3.8) is 0 Å². The molecule has 0 atom stereocenters. The molecule has 0 aliphatic heterocycles. The summed E-state index contributed by atoms with van der Waals surface area (Å²) in [6.45, 7) is 1.90. The molecule has 1 amide bonds. The number of aryl methyl sites for hydroxylation is 1. The molecule has 0 aromatic heterocycles. The molecule has 2 aromatic rings. The molecule has 0 saturated carbocycles. The number of nitro groups is 1. The predicted molar refractivity (Wildman–Crippen MR) is 84.9 cm³/mol. The van der Waals surface area contributed by atoms with Crippen LogP contribution in [0.4, 0.5) is 11.4 Å². The van der Waals surface area contributed by atoms with E-state index in [2.05, 4.69) is 21.2 Å². The van der Waals surface area contributed by atoms with E-state index in [-0.39, 0.29) is 16.4 Å². The first-order valence-electron chi connectivity index (χ1n) is 5.90. The van der Waals surface area contributed by atoms with Crippen molar-refractivity contribution < 1.29 is 9.72 Å². The van der Waals surface area contributed by atoms with Crippen LogP contribution in [0.5, 0.6) is 0 Å². The first kappa shape index (κ1) is 15.5. The number of amides is 1. The lowest BCUT2D eigenvalue weighted by atomic mass is 10.1. The molecule has 21 heavy (non-hydrogen) atoms. The van der Waals surface area contributed by atoms with Crippen LogP contribution >= 0.6 is 27.5 Å². The molecule has 2 aromatic carbocycles. The highest BCUT2D eigenvalue weighted by Crippen LogP contribution is 2.28. The molecular formula is C14H10BrClN2O3. The highest BCUT2D eigenvalue weighted by atomic mass is 79.9. The van der Waals surface area contributed by atoms with Gasteiger partial charge in [0.25, 0.3) is 11.6 Å². The van der Waals surface area contributed by atoms with Gasteiger partial charge in [-0.25, -0.2) is 0 Å². The molecule has 1 N–H and O–H groups in total. The molecule has 5 nitrogen and oxygen atoms in total.